The van der Waals surface area contributed by atoms with Crippen molar-refractivity contribution in [2.24, 2.45) is 5.92 Å². The quantitative estimate of drug-likeness (QED) is 0.590. The number of carboxylic acids is 2. The van der Waals surface area contributed by atoms with Gasteiger partial charge in [0, 0.05) is 5.92 Å². The fraction of sp³-hybridized carbons (Fsp3) is 0.526. The third-order valence-corrected chi connectivity index (χ3v) is 4.57. The molecule has 0 saturated heterocycles. The molecule has 0 bridgehead atoms. The molecule has 4 N–H and O–H groups in total. The highest BCUT2D eigenvalue weighted by Crippen LogP contribution is 2.23. The van der Waals surface area contributed by atoms with Crippen molar-refractivity contribution in [2.75, 3.05) is 6.54 Å². The minimum absolute atomic E-state index is 0.00457. The van der Waals surface area contributed by atoms with Crippen molar-refractivity contribution < 1.29 is 35.0 Å². The first-order valence-corrected chi connectivity index (χ1v) is 8.86. The number of hydrogen-bond acceptors (Lipinski definition) is 5. The normalized spacial score (nSPS) is 16.7. The highest BCUT2D eigenvalue weighted by atomic mass is 16.4. The van der Waals surface area contributed by atoms with Crippen LogP contribution in [0.4, 0.5) is 0 Å². The molecule has 1 saturated carbocycles. The smallest absolute Gasteiger partial charge is 0.351 e. The van der Waals surface area contributed by atoms with Crippen molar-refractivity contribution in [3.05, 3.63) is 35.9 Å². The summed E-state index contributed by atoms with van der Waals surface area (Å²) in [5.74, 6) is -3.39. The number of rotatable bonds is 6. The van der Waals surface area contributed by atoms with Gasteiger partial charge in [0.2, 0.25) is 0 Å². The lowest BCUT2D eigenvalue weighted by molar-refractivity contribution is -0.684. The molecule has 0 spiro atoms. The van der Waals surface area contributed by atoms with Crippen LogP contribution in [0.5, 0.6) is 0 Å². The maximum atomic E-state index is 12.1. The van der Waals surface area contributed by atoms with E-state index in [1.165, 1.54) is 19.3 Å². The third kappa shape index (κ3) is 7.76. The topological polar surface area (TPSA) is 131 Å². The summed E-state index contributed by atoms with van der Waals surface area (Å²) in [7, 11) is 0. The van der Waals surface area contributed by atoms with Crippen LogP contribution >= 0.6 is 0 Å². The van der Waals surface area contributed by atoms with Crippen LogP contribution in [0.3, 0.4) is 0 Å². The molecular weight excluding hydrogens is 338 g/mol. The number of nitrogens with two attached hydrogens (primary N) is 1. The number of aliphatic carboxylic acids is 2. The summed E-state index contributed by atoms with van der Waals surface area (Å²) in [6, 6.07) is 9.66. The summed E-state index contributed by atoms with van der Waals surface area (Å²) in [4.78, 5) is 30.2. The molecule has 2 atom stereocenters. The van der Waals surface area contributed by atoms with Gasteiger partial charge in [0.25, 0.3) is 0 Å². The SMILES string of the molecule is CC([NH2+]CC(=O)C1CCCCC1)C(O)c1ccccc1.O=C([O-])C(=O)O. The lowest BCUT2D eigenvalue weighted by atomic mass is 9.86. The van der Waals surface area contributed by atoms with Crippen molar-refractivity contribution in [3.63, 3.8) is 0 Å². The van der Waals surface area contributed by atoms with Crippen molar-refractivity contribution in [3.8, 4) is 0 Å². The summed E-state index contributed by atoms with van der Waals surface area (Å²) in [5.41, 5.74) is 0.918. The van der Waals surface area contributed by atoms with E-state index in [1.807, 2.05) is 42.6 Å². The second-order valence-electron chi connectivity index (χ2n) is 6.55. The zero-order chi connectivity index (χ0) is 19.5. The number of aliphatic hydroxyl groups excluding tert-OH is 1. The highest BCUT2D eigenvalue weighted by Gasteiger charge is 2.25. The molecule has 7 heteroatoms. The summed E-state index contributed by atoms with van der Waals surface area (Å²) in [6.07, 6.45) is 5.26. The van der Waals surface area contributed by atoms with Gasteiger partial charge in [-0.2, -0.15) is 0 Å². The average Bonchev–Trinajstić information content (AvgIpc) is 2.67. The van der Waals surface area contributed by atoms with E-state index in [9.17, 15) is 9.90 Å². The maximum Gasteiger partial charge on any atom is 0.351 e. The Bertz CT molecular complexity index is 571. The Balaban J connectivity index is 0.000000487. The van der Waals surface area contributed by atoms with E-state index >= 15 is 0 Å². The molecule has 2 unspecified atom stereocenters. The summed E-state index contributed by atoms with van der Waals surface area (Å²) < 4.78 is 0. The van der Waals surface area contributed by atoms with Gasteiger partial charge in [0.15, 0.2) is 11.8 Å². The Hall–Kier alpha value is -2.25. The fourth-order valence-corrected chi connectivity index (χ4v) is 2.98. The number of quaternary nitrogens is 1. The zero-order valence-electron chi connectivity index (χ0n) is 15.0. The minimum Gasteiger partial charge on any atom is -0.539 e. The van der Waals surface area contributed by atoms with Crippen LogP contribution in [0, 0.1) is 5.92 Å². The van der Waals surface area contributed by atoms with Crippen LogP contribution in [0.15, 0.2) is 30.3 Å². The largest absolute Gasteiger partial charge is 0.539 e. The van der Waals surface area contributed by atoms with Crippen LogP contribution in [0.1, 0.15) is 50.7 Å². The van der Waals surface area contributed by atoms with Gasteiger partial charge in [-0.05, 0) is 25.3 Å². The standard InChI is InChI=1S/C17H25NO2.C2H2O4/c1-13(17(20)15-10-6-3-7-11-15)18-12-16(19)14-8-4-2-5-9-14;3-1(4)2(5)6/h3,6-7,10-11,13-14,17-18,20H,2,4-5,8-9,12H2,1H3;(H,3,4)(H,5,6). The Morgan fingerprint density at radius 1 is 1.15 bits per heavy atom. The van der Waals surface area contributed by atoms with Crippen molar-refractivity contribution >= 4 is 17.7 Å². The predicted molar refractivity (Wildman–Crippen MR) is 91.9 cm³/mol. The predicted octanol–water partition coefficient (Wildman–Crippen LogP) is -0.358. The number of carbonyl (C=O) groups excluding carboxylic acids is 2. The van der Waals surface area contributed by atoms with Gasteiger partial charge >= 0.3 is 5.97 Å². The van der Waals surface area contributed by atoms with Gasteiger partial charge in [0.05, 0.1) is 0 Å². The number of carbonyl (C=O) groups is 3. The zero-order valence-corrected chi connectivity index (χ0v) is 15.0. The van der Waals surface area contributed by atoms with E-state index in [0.29, 0.717) is 12.3 Å². The Morgan fingerprint density at radius 3 is 2.19 bits per heavy atom. The lowest BCUT2D eigenvalue weighted by Crippen LogP contribution is -2.92. The van der Waals surface area contributed by atoms with Gasteiger partial charge in [-0.1, -0.05) is 49.6 Å². The number of carboxylic acid groups (broad SMARTS) is 2. The van der Waals surface area contributed by atoms with E-state index < -0.39 is 18.0 Å². The number of aliphatic hydroxyl groups is 1. The molecule has 0 radical (unpaired) electrons. The Morgan fingerprint density at radius 2 is 1.69 bits per heavy atom. The first-order valence-electron chi connectivity index (χ1n) is 8.86. The highest BCUT2D eigenvalue weighted by molar-refractivity contribution is 6.26. The van der Waals surface area contributed by atoms with Gasteiger partial charge < -0.3 is 25.4 Å². The maximum absolute atomic E-state index is 12.1. The first kappa shape index (κ1) is 21.8. The molecule has 1 aromatic carbocycles. The number of ketones is 1. The molecule has 7 nitrogen and oxygen atoms in total. The second kappa shape index (κ2) is 11.4. The third-order valence-electron chi connectivity index (χ3n) is 4.57. The van der Waals surface area contributed by atoms with Gasteiger partial charge in [-0.3, -0.25) is 4.79 Å². The van der Waals surface area contributed by atoms with E-state index in [2.05, 4.69) is 0 Å². The molecule has 1 aromatic rings. The van der Waals surface area contributed by atoms with Gasteiger partial charge in [-0.25, -0.2) is 4.79 Å². The van der Waals surface area contributed by atoms with Gasteiger partial charge in [0.1, 0.15) is 18.7 Å². The van der Waals surface area contributed by atoms with Crippen LogP contribution in [0.25, 0.3) is 0 Å². The minimum atomic E-state index is -2.07. The van der Waals surface area contributed by atoms with Crippen molar-refractivity contribution in [2.45, 2.75) is 51.2 Å². The number of Topliss-reactive ketones (excluding diaryl/α,β-unsaturated/α-hetero) is 1. The number of hydrogen-bond donors (Lipinski definition) is 3. The molecule has 1 fully saturated rings. The average molecular weight is 365 g/mol. The van der Waals surface area contributed by atoms with Crippen LogP contribution < -0.4 is 10.4 Å². The van der Waals surface area contributed by atoms with Crippen LogP contribution in [-0.4, -0.2) is 40.5 Å². The van der Waals surface area contributed by atoms with E-state index in [4.69, 9.17) is 19.8 Å². The molecule has 0 aromatic heterocycles. The molecule has 2 rings (SSSR count). The molecular formula is C19H27NO6. The van der Waals surface area contributed by atoms with E-state index in [-0.39, 0.29) is 12.0 Å². The first-order chi connectivity index (χ1) is 12.3. The summed E-state index contributed by atoms with van der Waals surface area (Å²) in [6.45, 7) is 2.47. The Kier molecular flexibility index (Phi) is 9.54. The molecule has 1 aliphatic rings. The lowest BCUT2D eigenvalue weighted by Gasteiger charge is -2.21. The van der Waals surface area contributed by atoms with Crippen molar-refractivity contribution in [1.29, 1.82) is 0 Å². The number of benzene rings is 1. The molecule has 1 aliphatic carbocycles. The fourth-order valence-electron chi connectivity index (χ4n) is 2.98. The van der Waals surface area contributed by atoms with Crippen LogP contribution in [0.2, 0.25) is 0 Å². The molecule has 0 heterocycles. The summed E-state index contributed by atoms with van der Waals surface area (Å²) >= 11 is 0. The Labute approximate surface area is 153 Å². The molecule has 0 amide bonds. The second-order valence-corrected chi connectivity index (χ2v) is 6.55. The van der Waals surface area contributed by atoms with Crippen LogP contribution in [-0.2, 0) is 14.4 Å². The molecule has 144 valence electrons. The summed E-state index contributed by atoms with van der Waals surface area (Å²) in [5, 5.41) is 28.6. The monoisotopic (exact) mass is 365 g/mol. The van der Waals surface area contributed by atoms with Gasteiger partial charge in [-0.15, -0.1) is 0 Å². The molecule has 0 aliphatic heterocycles. The van der Waals surface area contributed by atoms with E-state index in [0.717, 1.165) is 18.4 Å². The van der Waals surface area contributed by atoms with Crippen molar-refractivity contribution in [1.82, 2.24) is 0 Å². The molecule has 26 heavy (non-hydrogen) atoms. The van der Waals surface area contributed by atoms with E-state index in [1.54, 1.807) is 0 Å².